The van der Waals surface area contributed by atoms with Gasteiger partial charge in [-0.05, 0) is 42.8 Å². The Morgan fingerprint density at radius 2 is 1.58 bits per heavy atom. The third-order valence-electron chi connectivity index (χ3n) is 4.70. The number of benzene rings is 2. The first kappa shape index (κ1) is 18.5. The molecule has 138 valence electrons. The molecule has 0 atom stereocenters. The molecule has 0 saturated carbocycles. The van der Waals surface area contributed by atoms with Crippen molar-refractivity contribution in [2.45, 2.75) is 19.5 Å². The van der Waals surface area contributed by atoms with Gasteiger partial charge in [-0.3, -0.25) is 14.6 Å². The normalized spacial score (nSPS) is 16.2. The van der Waals surface area contributed by atoms with E-state index >= 15 is 0 Å². The summed E-state index contributed by atoms with van der Waals surface area (Å²) in [6.45, 7) is 5.57. The Balaban J connectivity index is 1.41. The fourth-order valence-electron chi connectivity index (χ4n) is 3.24. The monoisotopic (exact) mass is 355 g/mol. The summed E-state index contributed by atoms with van der Waals surface area (Å²) >= 11 is 0. The van der Waals surface area contributed by atoms with Crippen molar-refractivity contribution in [1.82, 2.24) is 15.1 Å². The van der Waals surface area contributed by atoms with Gasteiger partial charge >= 0.3 is 0 Å². The standard InChI is InChI=1S/C21H26FN3O/c22-20-9-7-19(8-10-20)16-24-11-4-12-25(14-13-24)17-21(26)23-15-18-5-2-1-3-6-18/h1-3,5-10H,4,11-17H2,(H,23,26). The molecule has 1 aliphatic heterocycles. The molecule has 0 bridgehead atoms. The van der Waals surface area contributed by atoms with Crippen LogP contribution in [0.5, 0.6) is 0 Å². The quantitative estimate of drug-likeness (QED) is 0.865. The molecule has 0 unspecified atom stereocenters. The van der Waals surface area contributed by atoms with Crippen molar-refractivity contribution in [1.29, 1.82) is 0 Å². The molecule has 1 aliphatic rings. The van der Waals surface area contributed by atoms with E-state index in [0.29, 0.717) is 13.1 Å². The zero-order valence-electron chi connectivity index (χ0n) is 15.0. The lowest BCUT2D eigenvalue weighted by atomic mass is 10.2. The molecule has 2 aromatic rings. The van der Waals surface area contributed by atoms with Crippen molar-refractivity contribution in [2.24, 2.45) is 0 Å². The van der Waals surface area contributed by atoms with Gasteiger partial charge in [0.05, 0.1) is 6.54 Å². The van der Waals surface area contributed by atoms with E-state index in [9.17, 15) is 9.18 Å². The second-order valence-corrected chi connectivity index (χ2v) is 6.79. The highest BCUT2D eigenvalue weighted by Gasteiger charge is 2.17. The van der Waals surface area contributed by atoms with Gasteiger partial charge in [-0.15, -0.1) is 0 Å². The van der Waals surface area contributed by atoms with Crippen LogP contribution >= 0.6 is 0 Å². The Morgan fingerprint density at radius 3 is 2.35 bits per heavy atom. The van der Waals surface area contributed by atoms with Crippen LogP contribution in [-0.2, 0) is 17.9 Å². The highest BCUT2D eigenvalue weighted by Crippen LogP contribution is 2.10. The SMILES string of the molecule is O=C(CN1CCCN(Cc2ccc(F)cc2)CC1)NCc1ccccc1. The van der Waals surface area contributed by atoms with Crippen LogP contribution in [0.25, 0.3) is 0 Å². The van der Waals surface area contributed by atoms with E-state index in [2.05, 4.69) is 15.1 Å². The largest absolute Gasteiger partial charge is 0.351 e. The highest BCUT2D eigenvalue weighted by molar-refractivity contribution is 5.78. The van der Waals surface area contributed by atoms with Crippen LogP contribution in [0.4, 0.5) is 4.39 Å². The summed E-state index contributed by atoms with van der Waals surface area (Å²) in [4.78, 5) is 16.8. The smallest absolute Gasteiger partial charge is 0.234 e. The van der Waals surface area contributed by atoms with Gasteiger partial charge in [-0.25, -0.2) is 4.39 Å². The fourth-order valence-corrected chi connectivity index (χ4v) is 3.24. The molecule has 0 radical (unpaired) electrons. The van der Waals surface area contributed by atoms with Crippen molar-refractivity contribution in [2.75, 3.05) is 32.7 Å². The van der Waals surface area contributed by atoms with Crippen molar-refractivity contribution in [3.63, 3.8) is 0 Å². The molecular formula is C21H26FN3O. The molecule has 1 amide bonds. The summed E-state index contributed by atoms with van der Waals surface area (Å²) in [6, 6.07) is 16.7. The molecule has 1 fully saturated rings. The number of amides is 1. The summed E-state index contributed by atoms with van der Waals surface area (Å²) in [6.07, 6.45) is 1.03. The number of halogens is 1. The molecular weight excluding hydrogens is 329 g/mol. The Labute approximate surface area is 154 Å². The van der Waals surface area contributed by atoms with Crippen LogP contribution in [-0.4, -0.2) is 48.4 Å². The zero-order chi connectivity index (χ0) is 18.2. The predicted molar refractivity (Wildman–Crippen MR) is 101 cm³/mol. The topological polar surface area (TPSA) is 35.6 Å². The second-order valence-electron chi connectivity index (χ2n) is 6.79. The molecule has 3 rings (SSSR count). The Kier molecular flexibility index (Phi) is 6.75. The molecule has 0 aromatic heterocycles. The second kappa shape index (κ2) is 9.46. The first-order valence-electron chi connectivity index (χ1n) is 9.19. The summed E-state index contributed by atoms with van der Waals surface area (Å²) in [5, 5.41) is 2.99. The maximum Gasteiger partial charge on any atom is 0.234 e. The van der Waals surface area contributed by atoms with E-state index in [1.165, 1.54) is 12.1 Å². The maximum absolute atomic E-state index is 13.0. The lowest BCUT2D eigenvalue weighted by Gasteiger charge is -2.21. The van der Waals surface area contributed by atoms with Crippen LogP contribution in [0.2, 0.25) is 0 Å². The predicted octanol–water partition coefficient (Wildman–Crippen LogP) is 2.65. The van der Waals surface area contributed by atoms with Gasteiger partial charge in [0.15, 0.2) is 0 Å². The summed E-state index contributed by atoms with van der Waals surface area (Å²) in [5.41, 5.74) is 2.24. The number of rotatable bonds is 6. The maximum atomic E-state index is 13.0. The minimum absolute atomic E-state index is 0.0702. The van der Waals surface area contributed by atoms with Gasteiger partial charge in [-0.2, -0.15) is 0 Å². The Bertz CT molecular complexity index is 690. The van der Waals surface area contributed by atoms with Crippen molar-refractivity contribution >= 4 is 5.91 Å². The van der Waals surface area contributed by atoms with Crippen LogP contribution in [0, 0.1) is 5.82 Å². The number of carbonyl (C=O) groups excluding carboxylic acids is 1. The van der Waals surface area contributed by atoms with Crippen LogP contribution in [0.1, 0.15) is 17.5 Å². The molecule has 26 heavy (non-hydrogen) atoms. The molecule has 0 spiro atoms. The van der Waals surface area contributed by atoms with Crippen LogP contribution in [0.15, 0.2) is 54.6 Å². The van der Waals surface area contributed by atoms with E-state index in [4.69, 9.17) is 0 Å². The summed E-state index contributed by atoms with van der Waals surface area (Å²) in [5.74, 6) is -0.127. The third kappa shape index (κ3) is 5.93. The molecule has 4 nitrogen and oxygen atoms in total. The van der Waals surface area contributed by atoms with E-state index < -0.39 is 0 Å². The lowest BCUT2D eigenvalue weighted by Crippen LogP contribution is -2.39. The van der Waals surface area contributed by atoms with E-state index in [1.54, 1.807) is 0 Å². The van der Waals surface area contributed by atoms with Gasteiger partial charge in [0.25, 0.3) is 0 Å². The van der Waals surface area contributed by atoms with E-state index in [0.717, 1.165) is 50.3 Å². The van der Waals surface area contributed by atoms with Gasteiger partial charge < -0.3 is 5.32 Å². The third-order valence-corrected chi connectivity index (χ3v) is 4.70. The summed E-state index contributed by atoms with van der Waals surface area (Å²) < 4.78 is 13.0. The Hall–Kier alpha value is -2.24. The van der Waals surface area contributed by atoms with Gasteiger partial charge in [-0.1, -0.05) is 42.5 Å². The highest BCUT2D eigenvalue weighted by atomic mass is 19.1. The fraction of sp³-hybridized carbons (Fsp3) is 0.381. The molecule has 1 N–H and O–H groups in total. The summed E-state index contributed by atoms with van der Waals surface area (Å²) in [7, 11) is 0. The van der Waals surface area contributed by atoms with E-state index in [-0.39, 0.29) is 11.7 Å². The van der Waals surface area contributed by atoms with E-state index in [1.807, 2.05) is 42.5 Å². The minimum Gasteiger partial charge on any atom is -0.351 e. The molecule has 5 heteroatoms. The molecule has 2 aromatic carbocycles. The Morgan fingerprint density at radius 1 is 0.885 bits per heavy atom. The minimum atomic E-state index is -0.197. The number of hydrogen-bond donors (Lipinski definition) is 1. The van der Waals surface area contributed by atoms with Crippen molar-refractivity contribution in [3.05, 3.63) is 71.5 Å². The first-order valence-corrected chi connectivity index (χ1v) is 9.19. The van der Waals surface area contributed by atoms with Gasteiger partial charge in [0, 0.05) is 26.2 Å². The van der Waals surface area contributed by atoms with Crippen LogP contribution in [0.3, 0.4) is 0 Å². The number of nitrogens with one attached hydrogen (secondary N) is 1. The number of carbonyl (C=O) groups is 1. The van der Waals surface area contributed by atoms with Gasteiger partial charge in [0.2, 0.25) is 5.91 Å². The first-order chi connectivity index (χ1) is 12.7. The molecule has 1 heterocycles. The molecule has 1 saturated heterocycles. The average Bonchev–Trinajstić information content (AvgIpc) is 2.88. The van der Waals surface area contributed by atoms with Crippen LogP contribution < -0.4 is 5.32 Å². The lowest BCUT2D eigenvalue weighted by molar-refractivity contribution is -0.122. The number of hydrogen-bond acceptors (Lipinski definition) is 3. The van der Waals surface area contributed by atoms with Crippen molar-refractivity contribution in [3.8, 4) is 0 Å². The van der Waals surface area contributed by atoms with Crippen molar-refractivity contribution < 1.29 is 9.18 Å². The number of nitrogens with zero attached hydrogens (tertiary/aromatic N) is 2. The average molecular weight is 355 g/mol. The molecule has 0 aliphatic carbocycles. The zero-order valence-corrected chi connectivity index (χ0v) is 15.0. The van der Waals surface area contributed by atoms with Gasteiger partial charge in [0.1, 0.15) is 5.82 Å².